The fraction of sp³-hybridized carbons (Fsp3) is 0.407. The number of benzene rings is 1. The van der Waals surface area contributed by atoms with Crippen LogP contribution in [0, 0.1) is 19.8 Å². The highest BCUT2D eigenvalue weighted by Gasteiger charge is 2.39. The summed E-state index contributed by atoms with van der Waals surface area (Å²) in [4.78, 5) is 9.29. The van der Waals surface area contributed by atoms with Crippen LogP contribution in [0.3, 0.4) is 0 Å². The lowest BCUT2D eigenvalue weighted by Crippen LogP contribution is -2.32. The monoisotopic (exact) mass is 555 g/mol. The molecule has 1 atom stereocenters. The maximum absolute atomic E-state index is 12.4. The largest absolute Gasteiger partial charge is 0.481 e. The summed E-state index contributed by atoms with van der Waals surface area (Å²) >= 11 is 7.01. The van der Waals surface area contributed by atoms with Crippen LogP contribution in [0.2, 0.25) is 5.02 Å². The molecule has 1 unspecified atom stereocenters. The molecule has 1 aliphatic rings. The van der Waals surface area contributed by atoms with Crippen LogP contribution in [0.15, 0.2) is 36.5 Å². The fourth-order valence-corrected chi connectivity index (χ4v) is 7.27. The molecule has 4 heterocycles. The van der Waals surface area contributed by atoms with E-state index < -0.39 is 15.4 Å². The molecule has 4 aromatic rings. The maximum Gasteiger partial charge on any atom is 0.218 e. The number of rotatable bonds is 6. The molecule has 3 aromatic heterocycles. The molecule has 0 radical (unpaired) electrons. The van der Waals surface area contributed by atoms with Gasteiger partial charge in [0, 0.05) is 34.9 Å². The number of aryl methyl sites for hydroxylation is 3. The van der Waals surface area contributed by atoms with Crippen molar-refractivity contribution >= 4 is 32.3 Å². The number of nitrogens with zero attached hydrogens (tertiary/aromatic N) is 5. The minimum Gasteiger partial charge on any atom is -0.481 e. The third-order valence-electron chi connectivity index (χ3n) is 7.46. The lowest BCUT2D eigenvalue weighted by atomic mass is 9.82. The zero-order valence-corrected chi connectivity index (χ0v) is 23.3. The first-order valence-electron chi connectivity index (χ1n) is 12.4. The highest BCUT2D eigenvalue weighted by molar-refractivity contribution is 7.91. The van der Waals surface area contributed by atoms with Gasteiger partial charge in [-0.1, -0.05) is 28.9 Å². The summed E-state index contributed by atoms with van der Waals surface area (Å²) < 4.78 is 31.0. The topological polar surface area (TPSA) is 120 Å². The molecule has 11 heteroatoms. The van der Waals surface area contributed by atoms with Gasteiger partial charge in [-0.05, 0) is 62.8 Å². The number of pyridine rings is 2. The fourth-order valence-electron chi connectivity index (χ4n) is 5.37. The van der Waals surface area contributed by atoms with Gasteiger partial charge in [0.15, 0.2) is 5.60 Å². The van der Waals surface area contributed by atoms with Crippen molar-refractivity contribution < 1.29 is 18.3 Å². The maximum atomic E-state index is 12.4. The second-order valence-electron chi connectivity index (χ2n) is 9.98. The summed E-state index contributed by atoms with van der Waals surface area (Å²) in [6.45, 7) is 3.76. The van der Waals surface area contributed by atoms with Crippen LogP contribution >= 0.6 is 11.6 Å². The van der Waals surface area contributed by atoms with E-state index in [1.54, 1.807) is 25.0 Å². The van der Waals surface area contributed by atoms with Gasteiger partial charge in [0.25, 0.3) is 0 Å². The van der Waals surface area contributed by atoms with E-state index >= 15 is 0 Å². The number of hydrogen-bond donors (Lipinski definition) is 1. The van der Waals surface area contributed by atoms with Crippen molar-refractivity contribution in [2.75, 3.05) is 18.6 Å². The van der Waals surface area contributed by atoms with Crippen LogP contribution in [-0.2, 0) is 28.9 Å². The van der Waals surface area contributed by atoms with Crippen LogP contribution in [0.1, 0.15) is 46.6 Å². The molecule has 0 amide bonds. The van der Waals surface area contributed by atoms with Crippen molar-refractivity contribution in [1.82, 2.24) is 25.0 Å². The van der Waals surface area contributed by atoms with Crippen molar-refractivity contribution in [3.8, 4) is 5.88 Å². The Balaban J connectivity index is 1.66. The summed E-state index contributed by atoms with van der Waals surface area (Å²) in [5.74, 6) is 0.941. The second kappa shape index (κ2) is 9.91. The minimum absolute atomic E-state index is 0.158. The average molecular weight is 556 g/mol. The molecular weight excluding hydrogens is 526 g/mol. The Labute approximate surface area is 226 Å². The first kappa shape index (κ1) is 26.5. The van der Waals surface area contributed by atoms with Gasteiger partial charge in [0.2, 0.25) is 5.88 Å². The SMILES string of the molecule is COc1nc2ccc(C(O)(c3ccc(C)nc3C)c3cnnn3C)cc2c(Cl)c1CC1CCS(=O)(=O)CC1. The predicted molar refractivity (Wildman–Crippen MR) is 145 cm³/mol. The summed E-state index contributed by atoms with van der Waals surface area (Å²) in [5, 5.41) is 21.6. The van der Waals surface area contributed by atoms with Crippen molar-refractivity contribution in [2.45, 2.75) is 38.7 Å². The number of methoxy groups -OCH3 is 1. The summed E-state index contributed by atoms with van der Waals surface area (Å²) in [5.41, 5.74) is 2.92. The van der Waals surface area contributed by atoms with E-state index in [0.29, 0.717) is 63.6 Å². The van der Waals surface area contributed by atoms with Gasteiger partial charge in [-0.2, -0.15) is 0 Å². The zero-order chi connectivity index (χ0) is 27.2. The van der Waals surface area contributed by atoms with Crippen LogP contribution in [0.4, 0.5) is 0 Å². The first-order valence-corrected chi connectivity index (χ1v) is 14.6. The van der Waals surface area contributed by atoms with Gasteiger partial charge in [-0.15, -0.1) is 5.10 Å². The molecule has 0 spiro atoms. The normalized spacial score (nSPS) is 17.4. The Morgan fingerprint density at radius 1 is 1.16 bits per heavy atom. The number of halogens is 1. The van der Waals surface area contributed by atoms with Crippen LogP contribution < -0.4 is 4.74 Å². The molecule has 38 heavy (non-hydrogen) atoms. The van der Waals surface area contributed by atoms with Gasteiger partial charge < -0.3 is 9.84 Å². The highest BCUT2D eigenvalue weighted by atomic mass is 35.5. The molecule has 0 bridgehead atoms. The molecule has 9 nitrogen and oxygen atoms in total. The Morgan fingerprint density at radius 3 is 2.53 bits per heavy atom. The lowest BCUT2D eigenvalue weighted by Gasteiger charge is -2.30. The Kier molecular flexibility index (Phi) is 6.91. The van der Waals surface area contributed by atoms with Gasteiger partial charge >= 0.3 is 0 Å². The summed E-state index contributed by atoms with van der Waals surface area (Å²) in [7, 11) is 0.307. The first-order chi connectivity index (χ1) is 18.0. The molecule has 5 rings (SSSR count). The molecule has 1 fully saturated rings. The molecule has 0 aliphatic carbocycles. The molecule has 1 N–H and O–H groups in total. The third kappa shape index (κ3) is 4.65. The quantitative estimate of drug-likeness (QED) is 0.382. The molecule has 1 saturated heterocycles. The van der Waals surface area contributed by atoms with E-state index in [-0.39, 0.29) is 17.4 Å². The van der Waals surface area contributed by atoms with E-state index in [1.165, 1.54) is 0 Å². The number of aliphatic hydroxyl groups is 1. The van der Waals surface area contributed by atoms with Gasteiger partial charge in [-0.25, -0.2) is 18.1 Å². The molecule has 200 valence electrons. The number of fused-ring (bicyclic) bond motifs is 1. The third-order valence-corrected chi connectivity index (χ3v) is 9.60. The number of sulfone groups is 1. The van der Waals surface area contributed by atoms with Crippen molar-refractivity contribution in [3.05, 3.63) is 75.3 Å². The van der Waals surface area contributed by atoms with Crippen LogP contribution in [0.5, 0.6) is 5.88 Å². The standard InChI is InChI=1S/C27H30ClN5O4S/c1-16-5-7-22(17(2)30-16)27(34,24-15-29-32-33(24)3)19-6-8-23-20(14-19)25(28)21(26(31-23)37-4)13-18-9-11-38(35,36)12-10-18/h5-8,14-15,18,34H,9-13H2,1-4H3. The highest BCUT2D eigenvalue weighted by Crippen LogP contribution is 2.41. The summed E-state index contributed by atoms with van der Waals surface area (Å²) in [6, 6.07) is 9.18. The Bertz CT molecular complexity index is 1620. The molecular formula is C27H30ClN5O4S. The minimum atomic E-state index is -2.97. The van der Waals surface area contributed by atoms with Crippen LogP contribution in [-0.4, -0.2) is 57.1 Å². The van der Waals surface area contributed by atoms with Gasteiger partial charge in [0.05, 0.1) is 41.0 Å². The Hall–Kier alpha value is -3.08. The average Bonchev–Trinajstić information content (AvgIpc) is 3.32. The van der Waals surface area contributed by atoms with E-state index in [1.807, 2.05) is 44.2 Å². The number of aromatic nitrogens is 5. The predicted octanol–water partition coefficient (Wildman–Crippen LogP) is 3.69. The summed E-state index contributed by atoms with van der Waals surface area (Å²) in [6.07, 6.45) is 3.25. The van der Waals surface area contributed by atoms with E-state index in [4.69, 9.17) is 21.3 Å². The zero-order valence-electron chi connectivity index (χ0n) is 21.8. The van der Waals surface area contributed by atoms with E-state index in [9.17, 15) is 13.5 Å². The van der Waals surface area contributed by atoms with E-state index in [2.05, 4.69) is 15.3 Å². The van der Waals surface area contributed by atoms with Crippen LogP contribution in [0.25, 0.3) is 10.9 Å². The smallest absolute Gasteiger partial charge is 0.218 e. The second-order valence-corrected chi connectivity index (χ2v) is 12.7. The Morgan fingerprint density at radius 2 is 1.89 bits per heavy atom. The van der Waals surface area contributed by atoms with Crippen molar-refractivity contribution in [2.24, 2.45) is 13.0 Å². The molecule has 0 saturated carbocycles. The lowest BCUT2D eigenvalue weighted by molar-refractivity contribution is 0.115. The van der Waals surface area contributed by atoms with Gasteiger partial charge in [-0.3, -0.25) is 4.98 Å². The van der Waals surface area contributed by atoms with Crippen molar-refractivity contribution in [3.63, 3.8) is 0 Å². The van der Waals surface area contributed by atoms with Crippen molar-refractivity contribution in [1.29, 1.82) is 0 Å². The van der Waals surface area contributed by atoms with E-state index in [0.717, 1.165) is 11.3 Å². The number of hydrogen-bond acceptors (Lipinski definition) is 8. The molecule has 1 aromatic carbocycles. The van der Waals surface area contributed by atoms with Gasteiger partial charge in [0.1, 0.15) is 9.84 Å². The molecule has 1 aliphatic heterocycles. The number of ether oxygens (including phenoxy) is 1.